The van der Waals surface area contributed by atoms with E-state index in [-0.39, 0.29) is 17.4 Å². The largest absolute Gasteiger partial charge is 0.368 e. The number of nitrogens with two attached hydrogens (primary N) is 1. The average Bonchev–Trinajstić information content (AvgIpc) is 3.52. The number of nitrogens with zero attached hydrogens (tertiary/aromatic N) is 7. The summed E-state index contributed by atoms with van der Waals surface area (Å²) in [4.78, 5) is 15.1. The zero-order chi connectivity index (χ0) is 22.7. The minimum absolute atomic E-state index is 0.0508. The SMILES string of the molecule is CC1(c2cn[nH]n2)CN(c2cnc(-c3cnc(N)nc3)n2C2Cc3cc(F)c(F)cc3C2)C1. The Morgan fingerprint density at radius 2 is 1.67 bits per heavy atom. The van der Waals surface area contributed by atoms with Crippen molar-refractivity contribution in [2.24, 2.45) is 0 Å². The molecule has 0 unspecified atom stereocenters. The van der Waals surface area contributed by atoms with Gasteiger partial charge in [0, 0.05) is 36.9 Å². The van der Waals surface area contributed by atoms with Crippen molar-refractivity contribution in [3.63, 3.8) is 0 Å². The number of benzene rings is 1. The molecule has 0 saturated carbocycles. The Morgan fingerprint density at radius 1 is 1.00 bits per heavy atom. The van der Waals surface area contributed by atoms with Gasteiger partial charge in [-0.3, -0.25) is 0 Å². The molecule has 3 aromatic heterocycles. The first-order valence-corrected chi connectivity index (χ1v) is 10.6. The highest BCUT2D eigenvalue weighted by molar-refractivity contribution is 5.61. The van der Waals surface area contributed by atoms with Crippen LogP contribution in [0, 0.1) is 11.6 Å². The first kappa shape index (κ1) is 19.8. The zero-order valence-corrected chi connectivity index (χ0v) is 17.8. The Labute approximate surface area is 187 Å². The lowest BCUT2D eigenvalue weighted by Gasteiger charge is -2.48. The third kappa shape index (κ3) is 3.14. The van der Waals surface area contributed by atoms with Crippen molar-refractivity contribution in [2.75, 3.05) is 23.7 Å². The van der Waals surface area contributed by atoms with Gasteiger partial charge < -0.3 is 15.2 Å². The van der Waals surface area contributed by atoms with E-state index < -0.39 is 11.6 Å². The van der Waals surface area contributed by atoms with Crippen molar-refractivity contribution < 1.29 is 8.78 Å². The lowest BCUT2D eigenvalue weighted by Crippen LogP contribution is -2.58. The maximum atomic E-state index is 13.9. The number of aromatic nitrogens is 7. The number of nitrogens with one attached hydrogen (secondary N) is 1. The van der Waals surface area contributed by atoms with Crippen molar-refractivity contribution in [2.45, 2.75) is 31.2 Å². The van der Waals surface area contributed by atoms with E-state index in [1.54, 1.807) is 18.6 Å². The fourth-order valence-corrected chi connectivity index (χ4v) is 5.00. The normalized spacial score (nSPS) is 17.2. The molecule has 0 atom stereocenters. The maximum absolute atomic E-state index is 13.9. The number of anilines is 2. The van der Waals surface area contributed by atoms with Crippen LogP contribution in [0.5, 0.6) is 0 Å². The number of imidazole rings is 1. The fourth-order valence-electron chi connectivity index (χ4n) is 5.00. The fraction of sp³-hybridized carbons (Fsp3) is 0.318. The molecule has 3 N–H and O–H groups in total. The van der Waals surface area contributed by atoms with Crippen LogP contribution in [0.25, 0.3) is 11.4 Å². The summed E-state index contributed by atoms with van der Waals surface area (Å²) in [5.41, 5.74) is 8.81. The molecule has 4 heterocycles. The molecule has 1 aliphatic heterocycles. The summed E-state index contributed by atoms with van der Waals surface area (Å²) in [6.07, 6.45) is 8.02. The van der Waals surface area contributed by atoms with E-state index in [0.717, 1.165) is 41.3 Å². The lowest BCUT2D eigenvalue weighted by atomic mass is 9.79. The number of fused-ring (bicyclic) bond motifs is 1. The number of nitrogen functional groups attached to an aromatic ring is 1. The third-order valence-electron chi connectivity index (χ3n) is 6.66. The minimum Gasteiger partial charge on any atom is -0.368 e. The quantitative estimate of drug-likeness (QED) is 0.492. The summed E-state index contributed by atoms with van der Waals surface area (Å²) >= 11 is 0. The van der Waals surface area contributed by atoms with Crippen LogP contribution in [0.1, 0.15) is 29.8 Å². The molecule has 0 spiro atoms. The zero-order valence-electron chi connectivity index (χ0n) is 17.8. The van der Waals surface area contributed by atoms with Gasteiger partial charge in [0.1, 0.15) is 11.6 Å². The minimum atomic E-state index is -0.821. The predicted molar refractivity (Wildman–Crippen MR) is 116 cm³/mol. The van der Waals surface area contributed by atoms with Gasteiger partial charge in [-0.05, 0) is 36.1 Å². The Hall–Kier alpha value is -3.89. The van der Waals surface area contributed by atoms with E-state index in [9.17, 15) is 8.78 Å². The first-order chi connectivity index (χ1) is 15.9. The third-order valence-corrected chi connectivity index (χ3v) is 6.66. The average molecular weight is 449 g/mol. The van der Waals surface area contributed by atoms with E-state index in [2.05, 4.69) is 41.8 Å². The number of H-pyrrole nitrogens is 1. The molecule has 11 heteroatoms. The van der Waals surface area contributed by atoms with Gasteiger partial charge in [-0.2, -0.15) is 15.4 Å². The number of halogens is 2. The van der Waals surface area contributed by atoms with Gasteiger partial charge in [-0.15, -0.1) is 0 Å². The summed E-state index contributed by atoms with van der Waals surface area (Å²) in [6.45, 7) is 3.63. The summed E-state index contributed by atoms with van der Waals surface area (Å²) in [6, 6.07) is 2.56. The molecule has 1 saturated heterocycles. The molecule has 9 nitrogen and oxygen atoms in total. The van der Waals surface area contributed by atoms with Crippen molar-refractivity contribution in [3.8, 4) is 11.4 Å². The molecular weight excluding hydrogens is 428 g/mol. The van der Waals surface area contributed by atoms with Crippen LogP contribution in [0.4, 0.5) is 20.5 Å². The van der Waals surface area contributed by atoms with Gasteiger partial charge in [0.2, 0.25) is 5.95 Å². The van der Waals surface area contributed by atoms with E-state index in [1.165, 1.54) is 12.1 Å². The highest BCUT2D eigenvalue weighted by Crippen LogP contribution is 2.42. The molecule has 6 rings (SSSR count). The van der Waals surface area contributed by atoms with Crippen molar-refractivity contribution in [3.05, 3.63) is 65.4 Å². The Bertz CT molecular complexity index is 1290. The second-order valence-corrected chi connectivity index (χ2v) is 9.01. The molecule has 4 aromatic rings. The van der Waals surface area contributed by atoms with Gasteiger partial charge in [-0.25, -0.2) is 23.7 Å². The summed E-state index contributed by atoms with van der Waals surface area (Å²) in [7, 11) is 0. The van der Waals surface area contributed by atoms with Crippen LogP contribution >= 0.6 is 0 Å². The smallest absolute Gasteiger partial charge is 0.219 e. The highest BCUT2D eigenvalue weighted by atomic mass is 19.2. The van der Waals surface area contributed by atoms with Gasteiger partial charge >= 0.3 is 0 Å². The first-order valence-electron chi connectivity index (χ1n) is 10.6. The maximum Gasteiger partial charge on any atom is 0.219 e. The lowest BCUT2D eigenvalue weighted by molar-refractivity contribution is 0.344. The van der Waals surface area contributed by atoms with E-state index in [4.69, 9.17) is 10.7 Å². The second-order valence-electron chi connectivity index (χ2n) is 9.01. The van der Waals surface area contributed by atoms with Gasteiger partial charge in [0.05, 0.1) is 23.7 Å². The molecule has 1 aromatic carbocycles. The Kier molecular flexibility index (Phi) is 4.23. The van der Waals surface area contributed by atoms with Crippen LogP contribution in [0.15, 0.2) is 36.9 Å². The molecule has 2 aliphatic rings. The van der Waals surface area contributed by atoms with Crippen LogP contribution in [0.2, 0.25) is 0 Å². The van der Waals surface area contributed by atoms with Gasteiger partial charge in [0.25, 0.3) is 0 Å². The predicted octanol–water partition coefficient (Wildman–Crippen LogP) is 2.44. The van der Waals surface area contributed by atoms with Gasteiger partial charge in [0.15, 0.2) is 11.6 Å². The molecule has 1 fully saturated rings. The summed E-state index contributed by atoms with van der Waals surface area (Å²) < 4.78 is 29.9. The van der Waals surface area contributed by atoms with Crippen molar-refractivity contribution >= 4 is 11.8 Å². The number of rotatable bonds is 4. The van der Waals surface area contributed by atoms with Crippen LogP contribution in [-0.4, -0.2) is 48.0 Å². The molecule has 0 radical (unpaired) electrons. The molecule has 0 amide bonds. The highest BCUT2D eigenvalue weighted by Gasteiger charge is 2.44. The van der Waals surface area contributed by atoms with E-state index in [0.29, 0.717) is 18.7 Å². The number of hydrogen-bond donors (Lipinski definition) is 2. The molecular formula is C22H21F2N9. The van der Waals surface area contributed by atoms with Crippen LogP contribution < -0.4 is 10.6 Å². The van der Waals surface area contributed by atoms with Crippen molar-refractivity contribution in [1.29, 1.82) is 0 Å². The standard InChI is InChI=1S/C22H21F2N9/c1-22(18-8-29-31-30-18)10-32(11-22)19-9-26-20(14-6-27-21(25)28-7-14)33(19)15-2-12-4-16(23)17(24)5-13(12)3-15/h4-9,15H,2-3,10-11H2,1H3,(H2,25,27,28)(H,29,30,31). The molecule has 1 aliphatic carbocycles. The molecule has 0 bridgehead atoms. The Morgan fingerprint density at radius 3 is 2.27 bits per heavy atom. The topological polar surface area (TPSA) is 114 Å². The van der Waals surface area contributed by atoms with E-state index in [1.807, 2.05) is 6.20 Å². The number of aromatic amines is 1. The van der Waals surface area contributed by atoms with Crippen LogP contribution in [-0.2, 0) is 18.3 Å². The number of hydrogen-bond acceptors (Lipinski definition) is 7. The second kappa shape index (κ2) is 7.06. The van der Waals surface area contributed by atoms with Gasteiger partial charge in [-0.1, -0.05) is 6.92 Å². The Balaban J connectivity index is 1.38. The van der Waals surface area contributed by atoms with Crippen molar-refractivity contribution in [1.82, 2.24) is 34.9 Å². The van der Waals surface area contributed by atoms with E-state index >= 15 is 0 Å². The molecule has 33 heavy (non-hydrogen) atoms. The summed E-state index contributed by atoms with van der Waals surface area (Å²) in [5.74, 6) is 0.167. The van der Waals surface area contributed by atoms with Crippen LogP contribution in [0.3, 0.4) is 0 Å². The molecule has 168 valence electrons. The monoisotopic (exact) mass is 449 g/mol. The summed E-state index contributed by atoms with van der Waals surface area (Å²) in [5, 5.41) is 10.9.